The van der Waals surface area contributed by atoms with Crippen molar-refractivity contribution in [1.29, 1.82) is 0 Å². The van der Waals surface area contributed by atoms with Crippen molar-refractivity contribution in [2.45, 2.75) is 40.4 Å². The first-order valence-electron chi connectivity index (χ1n) is 6.33. The van der Waals surface area contributed by atoms with Gasteiger partial charge in [-0.2, -0.15) is 0 Å². The third-order valence-electron chi connectivity index (χ3n) is 3.78. The number of nitrogens with zero attached hydrogens (tertiary/aromatic N) is 1. The van der Waals surface area contributed by atoms with Crippen LogP contribution in [-0.4, -0.2) is 19.4 Å². The first kappa shape index (κ1) is 14.1. The molecule has 0 aromatic carbocycles. The third-order valence-corrected chi connectivity index (χ3v) is 3.78. The normalized spacial score (nSPS) is 13.2. The van der Waals surface area contributed by atoms with E-state index in [4.69, 9.17) is 4.74 Å². The molecule has 0 fully saturated rings. The Morgan fingerprint density at radius 2 is 2.18 bits per heavy atom. The Labute approximate surface area is 106 Å². The van der Waals surface area contributed by atoms with Gasteiger partial charge in [-0.1, -0.05) is 45.9 Å². The van der Waals surface area contributed by atoms with Gasteiger partial charge in [0.2, 0.25) is 5.88 Å². The molecule has 1 radical (unpaired) electrons. The highest BCUT2D eigenvalue weighted by Gasteiger charge is 2.24. The maximum absolute atomic E-state index is 5.12. The lowest BCUT2D eigenvalue weighted by atomic mass is 9.56. The molecule has 0 spiro atoms. The minimum absolute atomic E-state index is 0.339. The zero-order chi connectivity index (χ0) is 12.9. The minimum atomic E-state index is 0.339. The summed E-state index contributed by atoms with van der Waals surface area (Å²) in [5.41, 5.74) is 1.53. The predicted octanol–water partition coefficient (Wildman–Crippen LogP) is 2.91. The summed E-state index contributed by atoms with van der Waals surface area (Å²) in [4.78, 5) is 4.11. The number of pyridine rings is 1. The van der Waals surface area contributed by atoms with E-state index in [1.54, 1.807) is 13.3 Å². The van der Waals surface area contributed by atoms with Crippen LogP contribution in [0.1, 0.15) is 34.1 Å². The third kappa shape index (κ3) is 4.06. The number of ether oxygens (including phenoxy) is 1. The highest BCUT2D eigenvalue weighted by Crippen LogP contribution is 2.32. The van der Waals surface area contributed by atoms with E-state index in [1.165, 1.54) is 11.9 Å². The average molecular weight is 232 g/mol. The molecule has 1 rings (SSSR count). The Morgan fingerprint density at radius 3 is 2.76 bits per heavy atom. The van der Waals surface area contributed by atoms with Crippen molar-refractivity contribution in [3.8, 4) is 5.88 Å². The SMILES string of the molecule is CCC(C)C(C)(C)C[B]c1ccnc(OC)c1. The van der Waals surface area contributed by atoms with Gasteiger partial charge in [0.25, 0.3) is 0 Å². The van der Waals surface area contributed by atoms with Crippen molar-refractivity contribution in [3.05, 3.63) is 18.3 Å². The molecule has 0 N–H and O–H groups in total. The van der Waals surface area contributed by atoms with E-state index in [0.717, 1.165) is 12.2 Å². The van der Waals surface area contributed by atoms with Gasteiger partial charge in [0.1, 0.15) is 0 Å². The van der Waals surface area contributed by atoms with Crippen molar-refractivity contribution in [2.24, 2.45) is 11.3 Å². The number of hydrogen-bond donors (Lipinski definition) is 0. The van der Waals surface area contributed by atoms with Crippen molar-refractivity contribution >= 4 is 12.7 Å². The maximum Gasteiger partial charge on any atom is 0.212 e. The van der Waals surface area contributed by atoms with Crippen LogP contribution < -0.4 is 10.2 Å². The first-order chi connectivity index (χ1) is 7.99. The van der Waals surface area contributed by atoms with Gasteiger partial charge in [-0.15, -0.1) is 0 Å². The smallest absolute Gasteiger partial charge is 0.212 e. The summed E-state index contributed by atoms with van der Waals surface area (Å²) in [6.07, 6.45) is 4.09. The molecule has 17 heavy (non-hydrogen) atoms. The fraction of sp³-hybridized carbons (Fsp3) is 0.643. The van der Waals surface area contributed by atoms with Crippen molar-refractivity contribution < 1.29 is 4.74 Å². The quantitative estimate of drug-likeness (QED) is 0.703. The van der Waals surface area contributed by atoms with Crippen molar-refractivity contribution in [2.75, 3.05) is 7.11 Å². The zero-order valence-electron chi connectivity index (χ0n) is 11.7. The van der Waals surface area contributed by atoms with E-state index in [0.29, 0.717) is 11.3 Å². The molecule has 3 heteroatoms. The molecule has 0 saturated carbocycles. The molecule has 0 amide bonds. The Kier molecular flexibility index (Phi) is 5.04. The molecule has 1 heterocycles. The summed E-state index contributed by atoms with van der Waals surface area (Å²) in [6, 6.07) is 4.00. The van der Waals surface area contributed by atoms with Gasteiger partial charge >= 0.3 is 0 Å². The molecule has 0 aliphatic carbocycles. The lowest BCUT2D eigenvalue weighted by molar-refractivity contribution is 0.254. The molecule has 93 valence electrons. The molecule has 1 aromatic rings. The number of aromatic nitrogens is 1. The molecule has 0 bridgehead atoms. The zero-order valence-corrected chi connectivity index (χ0v) is 11.7. The van der Waals surface area contributed by atoms with Crippen LogP contribution in [0.5, 0.6) is 5.88 Å². The lowest BCUT2D eigenvalue weighted by Crippen LogP contribution is -2.27. The standard InChI is InChI=1S/C14H23BNO/c1-6-11(2)14(3,4)10-15-12-7-8-16-13(9-12)17-5/h7-9,11H,6,10H2,1-5H3. The van der Waals surface area contributed by atoms with Crippen LogP contribution in [0.4, 0.5) is 0 Å². The van der Waals surface area contributed by atoms with E-state index in [2.05, 4.69) is 40.0 Å². The summed E-state index contributed by atoms with van der Waals surface area (Å²) < 4.78 is 5.12. The van der Waals surface area contributed by atoms with Crippen LogP contribution in [-0.2, 0) is 0 Å². The summed E-state index contributed by atoms with van der Waals surface area (Å²) >= 11 is 0. The summed E-state index contributed by atoms with van der Waals surface area (Å²) in [5.74, 6) is 1.41. The summed E-state index contributed by atoms with van der Waals surface area (Å²) in [7, 11) is 3.92. The van der Waals surface area contributed by atoms with Gasteiger partial charge < -0.3 is 4.74 Å². The van der Waals surface area contributed by atoms with E-state index in [9.17, 15) is 0 Å². The van der Waals surface area contributed by atoms with Crippen molar-refractivity contribution in [1.82, 2.24) is 4.98 Å². The van der Waals surface area contributed by atoms with Crippen LogP contribution in [0.25, 0.3) is 0 Å². The van der Waals surface area contributed by atoms with Gasteiger partial charge in [-0.05, 0) is 23.5 Å². The van der Waals surface area contributed by atoms with E-state index in [1.807, 2.05) is 12.1 Å². The molecule has 1 atom stereocenters. The minimum Gasteiger partial charge on any atom is -0.481 e. The fourth-order valence-corrected chi connectivity index (χ4v) is 1.80. The monoisotopic (exact) mass is 232 g/mol. The summed E-state index contributed by atoms with van der Waals surface area (Å²) in [6.45, 7) is 9.23. The molecular formula is C14H23BNO. The molecule has 1 unspecified atom stereocenters. The largest absolute Gasteiger partial charge is 0.481 e. The second kappa shape index (κ2) is 6.09. The van der Waals surface area contributed by atoms with Gasteiger partial charge in [-0.25, -0.2) is 4.98 Å². The van der Waals surface area contributed by atoms with Crippen LogP contribution in [0.15, 0.2) is 18.3 Å². The summed E-state index contributed by atoms with van der Waals surface area (Å²) in [5, 5.41) is 0. The molecule has 0 aliphatic rings. The van der Waals surface area contributed by atoms with Crippen LogP contribution in [0.2, 0.25) is 6.32 Å². The van der Waals surface area contributed by atoms with E-state index >= 15 is 0 Å². The van der Waals surface area contributed by atoms with Crippen LogP contribution in [0, 0.1) is 11.3 Å². The molecular weight excluding hydrogens is 209 g/mol. The Hall–Kier alpha value is -0.985. The Bertz CT molecular complexity index is 352. The van der Waals surface area contributed by atoms with Gasteiger partial charge in [0.05, 0.1) is 7.11 Å². The second-order valence-corrected chi connectivity index (χ2v) is 5.34. The lowest BCUT2D eigenvalue weighted by Gasteiger charge is -2.31. The van der Waals surface area contributed by atoms with Crippen LogP contribution in [0.3, 0.4) is 0 Å². The second-order valence-electron chi connectivity index (χ2n) is 5.34. The van der Waals surface area contributed by atoms with E-state index < -0.39 is 0 Å². The Morgan fingerprint density at radius 1 is 1.47 bits per heavy atom. The van der Waals surface area contributed by atoms with Crippen LogP contribution >= 0.6 is 0 Å². The topological polar surface area (TPSA) is 22.1 Å². The fourth-order valence-electron chi connectivity index (χ4n) is 1.80. The van der Waals surface area contributed by atoms with Crippen molar-refractivity contribution in [3.63, 3.8) is 0 Å². The molecule has 0 aliphatic heterocycles. The molecule has 0 saturated heterocycles. The number of hydrogen-bond acceptors (Lipinski definition) is 2. The highest BCUT2D eigenvalue weighted by atomic mass is 16.5. The highest BCUT2D eigenvalue weighted by molar-refractivity contribution is 6.53. The average Bonchev–Trinajstić information content (AvgIpc) is 2.35. The number of rotatable bonds is 6. The first-order valence-corrected chi connectivity index (χ1v) is 6.33. The predicted molar refractivity (Wildman–Crippen MR) is 74.2 cm³/mol. The maximum atomic E-state index is 5.12. The molecule has 1 aromatic heterocycles. The van der Waals surface area contributed by atoms with Gasteiger partial charge in [-0.3, -0.25) is 0 Å². The Balaban J connectivity index is 2.60. The van der Waals surface area contributed by atoms with E-state index in [-0.39, 0.29) is 0 Å². The van der Waals surface area contributed by atoms with Gasteiger partial charge in [0, 0.05) is 6.20 Å². The van der Waals surface area contributed by atoms with Gasteiger partial charge in [0.15, 0.2) is 7.28 Å². The molecule has 2 nitrogen and oxygen atoms in total. The number of methoxy groups -OCH3 is 1.